The van der Waals surface area contributed by atoms with E-state index in [9.17, 15) is 9.90 Å². The van der Waals surface area contributed by atoms with E-state index in [0.717, 1.165) is 25.7 Å². The number of aliphatic hydroxyl groups is 1. The van der Waals surface area contributed by atoms with Gasteiger partial charge in [-0.25, -0.2) is 0 Å². The molecule has 1 aromatic heterocycles. The third-order valence-electron chi connectivity index (χ3n) is 3.27. The molecule has 4 heteroatoms. The molecule has 1 aliphatic rings. The van der Waals surface area contributed by atoms with E-state index in [0.29, 0.717) is 18.2 Å². The normalized spacial score (nSPS) is 24.3. The molecule has 1 fully saturated rings. The molecule has 2 N–H and O–H groups in total. The standard InChI is InChI=1S/C13H18N2O2/c16-11-6-4-10(5-7-11)9-15-13(17)12-3-1-2-8-14-12/h1-3,8,10-11,16H,4-7,9H2,(H,15,17). The van der Waals surface area contributed by atoms with Crippen molar-refractivity contribution < 1.29 is 9.90 Å². The van der Waals surface area contributed by atoms with Gasteiger partial charge in [-0.05, 0) is 43.7 Å². The minimum atomic E-state index is -0.141. The largest absolute Gasteiger partial charge is 0.393 e. The Bertz CT molecular complexity index is 359. The molecular weight excluding hydrogens is 216 g/mol. The highest BCUT2D eigenvalue weighted by Gasteiger charge is 2.19. The van der Waals surface area contributed by atoms with Crippen LogP contribution in [0.2, 0.25) is 0 Å². The lowest BCUT2D eigenvalue weighted by Gasteiger charge is -2.25. The number of hydrogen-bond donors (Lipinski definition) is 2. The number of rotatable bonds is 3. The Hall–Kier alpha value is -1.42. The van der Waals surface area contributed by atoms with Crippen LogP contribution in [0.3, 0.4) is 0 Å². The van der Waals surface area contributed by atoms with E-state index in [1.165, 1.54) is 0 Å². The fraction of sp³-hybridized carbons (Fsp3) is 0.538. The average molecular weight is 234 g/mol. The molecule has 1 aromatic rings. The summed E-state index contributed by atoms with van der Waals surface area (Å²) in [5.41, 5.74) is 0.461. The minimum Gasteiger partial charge on any atom is -0.393 e. The van der Waals surface area contributed by atoms with Crippen LogP contribution in [0.4, 0.5) is 0 Å². The molecule has 0 unspecified atom stereocenters. The average Bonchev–Trinajstić information content (AvgIpc) is 2.39. The van der Waals surface area contributed by atoms with Crippen molar-refractivity contribution >= 4 is 5.91 Å². The fourth-order valence-electron chi connectivity index (χ4n) is 2.17. The molecule has 2 rings (SSSR count). The van der Waals surface area contributed by atoms with Crippen LogP contribution < -0.4 is 5.32 Å². The first-order valence-electron chi connectivity index (χ1n) is 6.13. The highest BCUT2D eigenvalue weighted by Crippen LogP contribution is 2.23. The van der Waals surface area contributed by atoms with Gasteiger partial charge in [-0.15, -0.1) is 0 Å². The summed E-state index contributed by atoms with van der Waals surface area (Å²) < 4.78 is 0. The van der Waals surface area contributed by atoms with Crippen LogP contribution in [-0.4, -0.2) is 28.6 Å². The maximum Gasteiger partial charge on any atom is 0.269 e. The third-order valence-corrected chi connectivity index (χ3v) is 3.27. The maximum atomic E-state index is 11.7. The molecule has 0 atom stereocenters. The zero-order valence-electron chi connectivity index (χ0n) is 9.80. The summed E-state index contributed by atoms with van der Waals surface area (Å²) in [4.78, 5) is 15.7. The van der Waals surface area contributed by atoms with Gasteiger partial charge in [0.15, 0.2) is 0 Å². The van der Waals surface area contributed by atoms with E-state index in [1.54, 1.807) is 24.4 Å². The molecule has 0 saturated heterocycles. The van der Waals surface area contributed by atoms with E-state index >= 15 is 0 Å². The van der Waals surface area contributed by atoms with Crippen LogP contribution in [0.15, 0.2) is 24.4 Å². The molecule has 17 heavy (non-hydrogen) atoms. The van der Waals surface area contributed by atoms with Gasteiger partial charge in [0.2, 0.25) is 0 Å². The molecule has 0 radical (unpaired) electrons. The zero-order valence-corrected chi connectivity index (χ0v) is 9.80. The lowest BCUT2D eigenvalue weighted by Crippen LogP contribution is -2.32. The van der Waals surface area contributed by atoms with Crippen LogP contribution >= 0.6 is 0 Å². The highest BCUT2D eigenvalue weighted by atomic mass is 16.3. The van der Waals surface area contributed by atoms with Crippen molar-refractivity contribution in [2.24, 2.45) is 5.92 Å². The second-order valence-corrected chi connectivity index (χ2v) is 4.60. The molecule has 92 valence electrons. The summed E-state index contributed by atoms with van der Waals surface area (Å²) in [5.74, 6) is 0.378. The predicted octanol–water partition coefficient (Wildman–Crippen LogP) is 1.36. The van der Waals surface area contributed by atoms with Gasteiger partial charge in [0, 0.05) is 12.7 Å². The molecule has 1 heterocycles. The smallest absolute Gasteiger partial charge is 0.269 e. The van der Waals surface area contributed by atoms with Crippen molar-refractivity contribution in [3.8, 4) is 0 Å². The third kappa shape index (κ3) is 3.53. The molecule has 0 bridgehead atoms. The van der Waals surface area contributed by atoms with Gasteiger partial charge in [0.25, 0.3) is 5.91 Å². The maximum absolute atomic E-state index is 11.7. The summed E-state index contributed by atoms with van der Waals surface area (Å²) in [6.45, 7) is 0.683. The first-order valence-corrected chi connectivity index (χ1v) is 6.13. The number of aromatic nitrogens is 1. The second-order valence-electron chi connectivity index (χ2n) is 4.60. The lowest BCUT2D eigenvalue weighted by atomic mass is 9.87. The van der Waals surface area contributed by atoms with Crippen LogP contribution in [-0.2, 0) is 0 Å². The molecule has 4 nitrogen and oxygen atoms in total. The van der Waals surface area contributed by atoms with Gasteiger partial charge < -0.3 is 10.4 Å². The van der Waals surface area contributed by atoms with E-state index in [1.807, 2.05) is 0 Å². The summed E-state index contributed by atoms with van der Waals surface area (Å²) >= 11 is 0. The van der Waals surface area contributed by atoms with Crippen molar-refractivity contribution in [1.82, 2.24) is 10.3 Å². The second kappa shape index (κ2) is 5.77. The molecule has 1 saturated carbocycles. The van der Waals surface area contributed by atoms with Gasteiger partial charge in [0.05, 0.1) is 6.10 Å². The van der Waals surface area contributed by atoms with Crippen molar-refractivity contribution in [1.29, 1.82) is 0 Å². The monoisotopic (exact) mass is 234 g/mol. The summed E-state index contributed by atoms with van der Waals surface area (Å²) in [6.07, 6.45) is 5.16. The first-order chi connectivity index (χ1) is 8.25. The Balaban J connectivity index is 1.77. The van der Waals surface area contributed by atoms with Gasteiger partial charge in [-0.3, -0.25) is 9.78 Å². The number of hydrogen-bond acceptors (Lipinski definition) is 3. The SMILES string of the molecule is O=C(NCC1CCC(O)CC1)c1ccccn1. The molecule has 0 aromatic carbocycles. The Kier molecular flexibility index (Phi) is 4.09. The van der Waals surface area contributed by atoms with Crippen molar-refractivity contribution in [2.75, 3.05) is 6.54 Å². The minimum absolute atomic E-state index is 0.114. The molecule has 1 aliphatic carbocycles. The van der Waals surface area contributed by atoms with Gasteiger partial charge in [0.1, 0.15) is 5.69 Å². The molecule has 0 aliphatic heterocycles. The van der Waals surface area contributed by atoms with E-state index < -0.39 is 0 Å². The number of amides is 1. The van der Waals surface area contributed by atoms with Crippen LogP contribution in [0.25, 0.3) is 0 Å². The van der Waals surface area contributed by atoms with Gasteiger partial charge >= 0.3 is 0 Å². The Morgan fingerprint density at radius 3 is 2.76 bits per heavy atom. The summed E-state index contributed by atoms with van der Waals surface area (Å²) in [6, 6.07) is 5.30. The van der Waals surface area contributed by atoms with Crippen LogP contribution in [0.5, 0.6) is 0 Å². The van der Waals surface area contributed by atoms with Crippen molar-refractivity contribution in [3.05, 3.63) is 30.1 Å². The summed E-state index contributed by atoms with van der Waals surface area (Å²) in [7, 11) is 0. The van der Waals surface area contributed by atoms with Gasteiger partial charge in [-0.2, -0.15) is 0 Å². The number of nitrogens with zero attached hydrogens (tertiary/aromatic N) is 1. The first kappa shape index (κ1) is 12.0. The predicted molar refractivity (Wildman–Crippen MR) is 64.5 cm³/mol. The number of pyridine rings is 1. The van der Waals surface area contributed by atoms with Crippen molar-refractivity contribution in [2.45, 2.75) is 31.8 Å². The number of aliphatic hydroxyl groups excluding tert-OH is 1. The summed E-state index contributed by atoms with van der Waals surface area (Å²) in [5, 5.41) is 12.3. The van der Waals surface area contributed by atoms with Gasteiger partial charge in [-0.1, -0.05) is 6.07 Å². The lowest BCUT2D eigenvalue weighted by molar-refractivity contribution is 0.0906. The topological polar surface area (TPSA) is 62.2 Å². The zero-order chi connectivity index (χ0) is 12.1. The highest BCUT2D eigenvalue weighted by molar-refractivity contribution is 5.92. The van der Waals surface area contributed by atoms with Crippen LogP contribution in [0, 0.1) is 5.92 Å². The fourth-order valence-corrected chi connectivity index (χ4v) is 2.17. The molecular formula is C13H18N2O2. The molecule has 1 amide bonds. The van der Waals surface area contributed by atoms with Crippen molar-refractivity contribution in [3.63, 3.8) is 0 Å². The number of carbonyl (C=O) groups is 1. The quantitative estimate of drug-likeness (QED) is 0.830. The van der Waals surface area contributed by atoms with E-state index in [2.05, 4.69) is 10.3 Å². The van der Waals surface area contributed by atoms with E-state index in [4.69, 9.17) is 0 Å². The number of nitrogens with one attached hydrogen (secondary N) is 1. The Labute approximate surface area is 101 Å². The van der Waals surface area contributed by atoms with Crippen LogP contribution in [0.1, 0.15) is 36.2 Å². The molecule has 0 spiro atoms. The number of carbonyl (C=O) groups excluding carboxylic acids is 1. The Morgan fingerprint density at radius 2 is 2.12 bits per heavy atom. The van der Waals surface area contributed by atoms with E-state index in [-0.39, 0.29) is 12.0 Å². The Morgan fingerprint density at radius 1 is 1.35 bits per heavy atom.